The topological polar surface area (TPSA) is 94.9 Å². The zero-order valence-electron chi connectivity index (χ0n) is 16.6. The van der Waals surface area contributed by atoms with E-state index in [4.69, 9.17) is 0 Å². The first-order chi connectivity index (χ1) is 13.4. The number of fused-ring (bicyclic) bond motifs is 5. The summed E-state index contributed by atoms with van der Waals surface area (Å²) in [7, 11) is 0. The van der Waals surface area contributed by atoms with Crippen molar-refractivity contribution < 1.29 is 24.6 Å². The van der Waals surface area contributed by atoms with Crippen LogP contribution in [0.5, 0.6) is 0 Å². The molecule has 2 saturated carbocycles. The Labute approximate surface area is 166 Å². The second kappa shape index (κ2) is 6.97. The van der Waals surface area contributed by atoms with E-state index in [1.165, 1.54) is 5.57 Å². The van der Waals surface area contributed by atoms with E-state index in [0.29, 0.717) is 31.7 Å². The van der Waals surface area contributed by atoms with Crippen LogP contribution >= 0.6 is 0 Å². The molecule has 0 aromatic heterocycles. The van der Waals surface area contributed by atoms with Crippen LogP contribution in [-0.2, 0) is 14.4 Å². The predicted octanol–water partition coefficient (Wildman–Crippen LogP) is 2.40. The van der Waals surface area contributed by atoms with Crippen molar-refractivity contribution in [2.45, 2.75) is 64.3 Å². The summed E-state index contributed by atoms with van der Waals surface area (Å²) in [5, 5.41) is 20.2. The Morgan fingerprint density at radius 1 is 1.36 bits per heavy atom. The molecule has 6 atom stereocenters. The second-order valence-corrected chi connectivity index (χ2v) is 9.43. The van der Waals surface area contributed by atoms with Crippen LogP contribution < -0.4 is 0 Å². The van der Waals surface area contributed by atoms with Crippen LogP contribution in [0.15, 0.2) is 11.6 Å². The fourth-order valence-corrected chi connectivity index (χ4v) is 7.39. The molecule has 154 valence electrons. The highest BCUT2D eigenvalue weighted by Gasteiger charge is 2.69. The molecule has 6 nitrogen and oxygen atoms in total. The van der Waals surface area contributed by atoms with Gasteiger partial charge in [-0.15, -0.1) is 0 Å². The minimum Gasteiger partial charge on any atom is -0.481 e. The fourth-order valence-electron chi connectivity index (χ4n) is 7.39. The Morgan fingerprint density at radius 3 is 2.82 bits per heavy atom. The first-order valence-electron chi connectivity index (χ1n) is 10.7. The normalized spacial score (nSPS) is 42.3. The summed E-state index contributed by atoms with van der Waals surface area (Å²) in [6.45, 7) is 2.53. The van der Waals surface area contributed by atoms with E-state index in [1.54, 1.807) is 0 Å². The molecule has 0 radical (unpaired) electrons. The molecule has 6 unspecified atom stereocenters. The number of carboxylic acid groups (broad SMARTS) is 1. The number of allylic oxidation sites excluding steroid dienone is 1. The molecule has 1 amide bonds. The van der Waals surface area contributed by atoms with Crippen LogP contribution in [0.25, 0.3) is 0 Å². The Balaban J connectivity index is 1.97. The molecule has 3 fully saturated rings. The van der Waals surface area contributed by atoms with Gasteiger partial charge >= 0.3 is 5.97 Å². The van der Waals surface area contributed by atoms with E-state index >= 15 is 0 Å². The van der Waals surface area contributed by atoms with E-state index in [0.717, 1.165) is 32.1 Å². The minimum atomic E-state index is -0.972. The van der Waals surface area contributed by atoms with Gasteiger partial charge in [0.25, 0.3) is 0 Å². The van der Waals surface area contributed by atoms with E-state index in [-0.39, 0.29) is 36.7 Å². The summed E-state index contributed by atoms with van der Waals surface area (Å²) in [6.07, 6.45) is 7.87. The number of amides is 1. The molecule has 4 aliphatic rings. The van der Waals surface area contributed by atoms with Crippen molar-refractivity contribution in [2.75, 3.05) is 13.2 Å². The summed E-state index contributed by atoms with van der Waals surface area (Å²) >= 11 is 0. The van der Waals surface area contributed by atoms with Crippen molar-refractivity contribution in [3.05, 3.63) is 11.6 Å². The number of hydrogen-bond donors (Lipinski definition) is 2. The smallest absolute Gasteiger partial charge is 0.303 e. The van der Waals surface area contributed by atoms with E-state index in [9.17, 15) is 24.6 Å². The average molecular weight is 389 g/mol. The van der Waals surface area contributed by atoms with E-state index in [1.807, 2.05) is 4.90 Å². The molecule has 6 heteroatoms. The number of Topliss-reactive ketones (excluding diaryl/α,β-unsaturated/α-hetero) is 1. The van der Waals surface area contributed by atoms with Crippen molar-refractivity contribution in [3.63, 3.8) is 0 Å². The van der Waals surface area contributed by atoms with Crippen LogP contribution in [0, 0.1) is 28.6 Å². The molecule has 1 saturated heterocycles. The number of aliphatic hydroxyl groups excluding tert-OH is 1. The van der Waals surface area contributed by atoms with Crippen LogP contribution in [-0.4, -0.2) is 52.5 Å². The lowest BCUT2D eigenvalue weighted by atomic mass is 9.45. The van der Waals surface area contributed by atoms with Gasteiger partial charge < -0.3 is 15.1 Å². The number of ketones is 1. The maximum absolute atomic E-state index is 13.5. The molecular formula is C22H31NO5. The molecule has 0 spiro atoms. The van der Waals surface area contributed by atoms with Gasteiger partial charge in [-0.1, -0.05) is 18.6 Å². The Hall–Kier alpha value is -1.69. The van der Waals surface area contributed by atoms with Gasteiger partial charge in [0.2, 0.25) is 6.41 Å². The van der Waals surface area contributed by atoms with Crippen LogP contribution in [0.2, 0.25) is 0 Å². The molecular weight excluding hydrogens is 358 g/mol. The average Bonchev–Trinajstić information content (AvgIpc) is 3.26. The zero-order valence-corrected chi connectivity index (χ0v) is 16.6. The third-order valence-electron chi connectivity index (χ3n) is 8.48. The summed E-state index contributed by atoms with van der Waals surface area (Å²) in [5.41, 5.74) is -0.562. The minimum absolute atomic E-state index is 0.0522. The van der Waals surface area contributed by atoms with Gasteiger partial charge in [0.05, 0.1) is 12.0 Å². The standard InChI is InChI=1S/C22H31NO5/c1-14-11-23(13-25)20-16(14)7-9-21(12-24)18(26)6-5-15-3-2-4-17(15)22(20,21)10-8-19(27)28/h4,13-16,20,24H,2-3,5-12H2,1H3,(H,27,28). The molecule has 0 aromatic carbocycles. The first kappa shape index (κ1) is 19.6. The van der Waals surface area contributed by atoms with Crippen LogP contribution in [0.3, 0.4) is 0 Å². The van der Waals surface area contributed by atoms with Crippen LogP contribution in [0.1, 0.15) is 58.3 Å². The zero-order chi connectivity index (χ0) is 20.1. The fraction of sp³-hybridized carbons (Fsp3) is 0.773. The number of nitrogens with zero attached hydrogens (tertiary/aromatic N) is 1. The third-order valence-corrected chi connectivity index (χ3v) is 8.48. The van der Waals surface area contributed by atoms with Crippen molar-refractivity contribution >= 4 is 18.2 Å². The quantitative estimate of drug-likeness (QED) is 0.556. The van der Waals surface area contributed by atoms with Crippen LogP contribution in [0.4, 0.5) is 0 Å². The van der Waals surface area contributed by atoms with E-state index in [2.05, 4.69) is 13.0 Å². The highest BCUT2D eigenvalue weighted by Crippen LogP contribution is 2.67. The highest BCUT2D eigenvalue weighted by molar-refractivity contribution is 5.88. The van der Waals surface area contributed by atoms with Gasteiger partial charge in [0, 0.05) is 30.8 Å². The molecule has 28 heavy (non-hydrogen) atoms. The van der Waals surface area contributed by atoms with Crippen molar-refractivity contribution in [1.82, 2.24) is 4.90 Å². The van der Waals surface area contributed by atoms with E-state index < -0.39 is 16.8 Å². The molecule has 4 rings (SSSR count). The lowest BCUT2D eigenvalue weighted by Gasteiger charge is -2.59. The Bertz CT molecular complexity index is 718. The number of carboxylic acids is 1. The number of carbonyl (C=O) groups is 3. The summed E-state index contributed by atoms with van der Waals surface area (Å²) < 4.78 is 0. The largest absolute Gasteiger partial charge is 0.481 e. The molecule has 0 bridgehead atoms. The molecule has 0 aromatic rings. The number of aliphatic hydroxyl groups is 1. The van der Waals surface area contributed by atoms with Gasteiger partial charge in [0.15, 0.2) is 0 Å². The molecule has 2 N–H and O–H groups in total. The summed E-state index contributed by atoms with van der Waals surface area (Å²) in [6, 6.07) is -0.200. The lowest BCUT2D eigenvalue weighted by Crippen LogP contribution is -2.64. The number of likely N-dealkylation sites (tertiary alicyclic amines) is 1. The maximum atomic E-state index is 13.5. The second-order valence-electron chi connectivity index (χ2n) is 9.43. The predicted molar refractivity (Wildman–Crippen MR) is 102 cm³/mol. The molecule has 1 heterocycles. The third kappa shape index (κ3) is 2.46. The van der Waals surface area contributed by atoms with Gasteiger partial charge in [-0.3, -0.25) is 14.4 Å². The monoisotopic (exact) mass is 389 g/mol. The van der Waals surface area contributed by atoms with Gasteiger partial charge in [-0.2, -0.15) is 0 Å². The number of aliphatic carboxylic acids is 1. The maximum Gasteiger partial charge on any atom is 0.303 e. The summed E-state index contributed by atoms with van der Waals surface area (Å²) in [5.74, 6) is -0.00753. The highest BCUT2D eigenvalue weighted by atomic mass is 16.4. The Morgan fingerprint density at radius 2 is 2.14 bits per heavy atom. The van der Waals surface area contributed by atoms with Crippen molar-refractivity contribution in [3.8, 4) is 0 Å². The number of rotatable bonds is 5. The number of hydrogen-bond acceptors (Lipinski definition) is 4. The van der Waals surface area contributed by atoms with Gasteiger partial charge in [0.1, 0.15) is 5.78 Å². The van der Waals surface area contributed by atoms with Gasteiger partial charge in [-0.25, -0.2) is 0 Å². The van der Waals surface area contributed by atoms with Crippen molar-refractivity contribution in [2.24, 2.45) is 28.6 Å². The number of carbonyl (C=O) groups excluding carboxylic acids is 2. The SMILES string of the molecule is CC1CN(C=O)C2C1CCC1(CO)C(=O)CCC3CCC=C3C21CCC(=O)O. The van der Waals surface area contributed by atoms with Gasteiger partial charge in [-0.05, 0) is 56.3 Å². The van der Waals surface area contributed by atoms with Crippen molar-refractivity contribution in [1.29, 1.82) is 0 Å². The lowest BCUT2D eigenvalue weighted by molar-refractivity contribution is -0.158. The molecule has 3 aliphatic carbocycles. The first-order valence-corrected chi connectivity index (χ1v) is 10.7. The molecule has 1 aliphatic heterocycles. The Kier molecular flexibility index (Phi) is 4.89. The summed E-state index contributed by atoms with van der Waals surface area (Å²) in [4.78, 5) is 39.0.